The molecular weight excluding hydrogens is 312 g/mol. The molecular formula is C18H27BrO. The Bertz CT molecular complexity index is 354. The van der Waals surface area contributed by atoms with E-state index in [2.05, 4.69) is 40.2 Å². The summed E-state index contributed by atoms with van der Waals surface area (Å²) in [5.74, 6) is 1.83. The van der Waals surface area contributed by atoms with E-state index in [0.29, 0.717) is 0 Å². The van der Waals surface area contributed by atoms with Crippen molar-refractivity contribution in [1.82, 2.24) is 0 Å². The molecule has 1 saturated carbocycles. The van der Waals surface area contributed by atoms with Gasteiger partial charge in [-0.2, -0.15) is 0 Å². The van der Waals surface area contributed by atoms with E-state index in [9.17, 15) is 0 Å². The number of rotatable bonds is 8. The molecule has 0 atom stereocenters. The van der Waals surface area contributed by atoms with Crippen LogP contribution in [0.4, 0.5) is 0 Å². The molecule has 112 valence electrons. The van der Waals surface area contributed by atoms with Crippen molar-refractivity contribution >= 4 is 15.9 Å². The number of hydrogen-bond acceptors (Lipinski definition) is 1. The lowest BCUT2D eigenvalue weighted by atomic mass is 9.84. The van der Waals surface area contributed by atoms with Gasteiger partial charge in [0, 0.05) is 5.33 Å². The molecule has 0 amide bonds. The van der Waals surface area contributed by atoms with Gasteiger partial charge in [0.1, 0.15) is 5.75 Å². The number of halogens is 1. The summed E-state index contributed by atoms with van der Waals surface area (Å²) in [5.41, 5.74) is 1.51. The van der Waals surface area contributed by atoms with Crippen LogP contribution in [0.25, 0.3) is 0 Å². The highest BCUT2D eigenvalue weighted by Gasteiger charge is 2.15. The molecule has 1 fully saturated rings. The Morgan fingerprint density at radius 2 is 1.60 bits per heavy atom. The minimum absolute atomic E-state index is 0.794. The van der Waals surface area contributed by atoms with Gasteiger partial charge in [0.25, 0.3) is 0 Å². The number of unbranched alkanes of at least 4 members (excludes halogenated alkanes) is 3. The van der Waals surface area contributed by atoms with E-state index >= 15 is 0 Å². The van der Waals surface area contributed by atoms with Crippen LogP contribution >= 0.6 is 15.9 Å². The Kier molecular flexibility index (Phi) is 7.49. The summed E-state index contributed by atoms with van der Waals surface area (Å²) < 4.78 is 5.82. The predicted molar refractivity (Wildman–Crippen MR) is 90.0 cm³/mol. The Hall–Kier alpha value is -0.500. The summed E-state index contributed by atoms with van der Waals surface area (Å²) in [6.45, 7) is 0.852. The van der Waals surface area contributed by atoms with Crippen molar-refractivity contribution in [2.45, 2.75) is 63.7 Å². The minimum Gasteiger partial charge on any atom is -0.494 e. The summed E-state index contributed by atoms with van der Waals surface area (Å²) in [6, 6.07) is 8.86. The quantitative estimate of drug-likeness (QED) is 0.413. The molecule has 0 heterocycles. The molecule has 1 aliphatic carbocycles. The van der Waals surface area contributed by atoms with Crippen molar-refractivity contribution in [3.8, 4) is 5.75 Å². The highest BCUT2D eigenvalue weighted by molar-refractivity contribution is 9.09. The van der Waals surface area contributed by atoms with Crippen molar-refractivity contribution in [2.24, 2.45) is 0 Å². The Morgan fingerprint density at radius 3 is 2.30 bits per heavy atom. The zero-order chi connectivity index (χ0) is 14.0. The molecule has 0 aromatic heterocycles. The minimum atomic E-state index is 0.794. The first-order chi connectivity index (χ1) is 9.90. The molecule has 1 aromatic carbocycles. The van der Waals surface area contributed by atoms with E-state index in [4.69, 9.17) is 4.74 Å². The molecule has 0 radical (unpaired) electrons. The molecule has 1 aromatic rings. The second-order valence-electron chi connectivity index (χ2n) is 5.86. The van der Waals surface area contributed by atoms with E-state index in [1.165, 1.54) is 56.9 Å². The summed E-state index contributed by atoms with van der Waals surface area (Å²) in [5, 5.41) is 1.12. The average Bonchev–Trinajstić information content (AvgIpc) is 2.52. The maximum Gasteiger partial charge on any atom is 0.119 e. The van der Waals surface area contributed by atoms with Gasteiger partial charge in [-0.15, -0.1) is 0 Å². The number of benzene rings is 1. The third-order valence-corrected chi connectivity index (χ3v) is 4.81. The van der Waals surface area contributed by atoms with E-state index < -0.39 is 0 Å². The highest BCUT2D eigenvalue weighted by atomic mass is 79.9. The normalized spacial score (nSPS) is 16.2. The van der Waals surface area contributed by atoms with Gasteiger partial charge in [-0.25, -0.2) is 0 Å². The van der Waals surface area contributed by atoms with Gasteiger partial charge in [0.2, 0.25) is 0 Å². The Balaban J connectivity index is 1.68. The SMILES string of the molecule is BrCCCCCCOc1ccc(C2CCCCC2)cc1. The topological polar surface area (TPSA) is 9.23 Å². The van der Waals surface area contributed by atoms with Gasteiger partial charge in [-0.05, 0) is 49.3 Å². The fourth-order valence-electron chi connectivity index (χ4n) is 3.01. The Labute approximate surface area is 132 Å². The van der Waals surface area contributed by atoms with E-state index in [1.54, 1.807) is 0 Å². The van der Waals surface area contributed by atoms with Crippen LogP contribution in [-0.2, 0) is 0 Å². The largest absolute Gasteiger partial charge is 0.494 e. The summed E-state index contributed by atoms with van der Waals surface area (Å²) in [6.07, 6.45) is 12.0. The van der Waals surface area contributed by atoms with Crippen LogP contribution in [-0.4, -0.2) is 11.9 Å². The van der Waals surface area contributed by atoms with Crippen molar-refractivity contribution in [2.75, 3.05) is 11.9 Å². The fourth-order valence-corrected chi connectivity index (χ4v) is 3.41. The van der Waals surface area contributed by atoms with E-state index in [-0.39, 0.29) is 0 Å². The number of hydrogen-bond donors (Lipinski definition) is 0. The molecule has 0 saturated heterocycles. The maximum absolute atomic E-state index is 5.82. The average molecular weight is 339 g/mol. The zero-order valence-corrected chi connectivity index (χ0v) is 14.0. The van der Waals surface area contributed by atoms with Crippen molar-refractivity contribution in [3.63, 3.8) is 0 Å². The van der Waals surface area contributed by atoms with Crippen LogP contribution in [0.2, 0.25) is 0 Å². The first kappa shape index (κ1) is 15.9. The number of alkyl halides is 1. The second-order valence-corrected chi connectivity index (χ2v) is 6.65. The van der Waals surface area contributed by atoms with Gasteiger partial charge in [0.15, 0.2) is 0 Å². The summed E-state index contributed by atoms with van der Waals surface area (Å²) in [4.78, 5) is 0. The summed E-state index contributed by atoms with van der Waals surface area (Å²) >= 11 is 3.46. The van der Waals surface area contributed by atoms with Crippen LogP contribution in [0.1, 0.15) is 69.3 Å². The first-order valence-electron chi connectivity index (χ1n) is 8.19. The standard InChI is InChI=1S/C18H27BrO/c19-14-6-1-2-7-15-20-18-12-10-17(11-13-18)16-8-4-3-5-9-16/h10-13,16H,1-9,14-15H2. The van der Waals surface area contributed by atoms with Crippen LogP contribution in [0.5, 0.6) is 5.75 Å². The van der Waals surface area contributed by atoms with Gasteiger partial charge in [0.05, 0.1) is 6.61 Å². The molecule has 2 heteroatoms. The third kappa shape index (κ3) is 5.47. The van der Waals surface area contributed by atoms with Crippen LogP contribution in [0.3, 0.4) is 0 Å². The highest BCUT2D eigenvalue weighted by Crippen LogP contribution is 2.33. The van der Waals surface area contributed by atoms with Gasteiger partial charge in [-0.3, -0.25) is 0 Å². The lowest BCUT2D eigenvalue weighted by molar-refractivity contribution is 0.305. The molecule has 1 aliphatic rings. The predicted octanol–water partition coefficient (Wildman–Crippen LogP) is 6.07. The summed E-state index contributed by atoms with van der Waals surface area (Å²) in [7, 11) is 0. The van der Waals surface area contributed by atoms with Crippen LogP contribution in [0.15, 0.2) is 24.3 Å². The lowest BCUT2D eigenvalue weighted by Gasteiger charge is -2.22. The van der Waals surface area contributed by atoms with Gasteiger partial charge in [-0.1, -0.05) is 60.2 Å². The first-order valence-corrected chi connectivity index (χ1v) is 9.31. The molecule has 0 spiro atoms. The van der Waals surface area contributed by atoms with E-state index in [0.717, 1.165) is 30.0 Å². The molecule has 20 heavy (non-hydrogen) atoms. The Morgan fingerprint density at radius 1 is 0.900 bits per heavy atom. The smallest absolute Gasteiger partial charge is 0.119 e. The van der Waals surface area contributed by atoms with Gasteiger partial charge < -0.3 is 4.74 Å². The van der Waals surface area contributed by atoms with Crippen molar-refractivity contribution in [3.05, 3.63) is 29.8 Å². The molecule has 0 N–H and O–H groups in total. The maximum atomic E-state index is 5.82. The molecule has 0 unspecified atom stereocenters. The van der Waals surface area contributed by atoms with Gasteiger partial charge >= 0.3 is 0 Å². The monoisotopic (exact) mass is 338 g/mol. The van der Waals surface area contributed by atoms with Crippen molar-refractivity contribution < 1.29 is 4.74 Å². The molecule has 0 aliphatic heterocycles. The molecule has 2 rings (SSSR count). The second kappa shape index (κ2) is 9.44. The van der Waals surface area contributed by atoms with E-state index in [1.807, 2.05) is 0 Å². The molecule has 0 bridgehead atoms. The lowest BCUT2D eigenvalue weighted by Crippen LogP contribution is -2.04. The molecule has 1 nitrogen and oxygen atoms in total. The van der Waals surface area contributed by atoms with Crippen molar-refractivity contribution in [1.29, 1.82) is 0 Å². The van der Waals surface area contributed by atoms with Crippen LogP contribution < -0.4 is 4.74 Å². The third-order valence-electron chi connectivity index (χ3n) is 4.25. The fraction of sp³-hybridized carbons (Fsp3) is 0.667. The number of ether oxygens (including phenoxy) is 1. The zero-order valence-electron chi connectivity index (χ0n) is 12.5. The van der Waals surface area contributed by atoms with Crippen LogP contribution in [0, 0.1) is 0 Å².